The Labute approximate surface area is 161 Å². The number of methoxy groups -OCH3 is 2. The minimum Gasteiger partial charge on any atom is -0.504 e. The van der Waals surface area contributed by atoms with Crippen LogP contribution >= 0.6 is 0 Å². The number of phenols is 1. The highest BCUT2D eigenvalue weighted by molar-refractivity contribution is 5.79. The number of carbonyl (C=O) groups is 1. The van der Waals surface area contributed by atoms with Crippen LogP contribution in [0.2, 0.25) is 0 Å². The summed E-state index contributed by atoms with van der Waals surface area (Å²) in [6, 6.07) is 6.51. The van der Waals surface area contributed by atoms with E-state index in [1.807, 2.05) is 0 Å². The van der Waals surface area contributed by atoms with Crippen LogP contribution in [0.3, 0.4) is 0 Å². The first-order chi connectivity index (χ1) is 13.5. The van der Waals surface area contributed by atoms with Gasteiger partial charge in [-0.3, -0.25) is 4.79 Å². The van der Waals surface area contributed by atoms with Crippen molar-refractivity contribution >= 4 is 5.97 Å². The van der Waals surface area contributed by atoms with E-state index < -0.39 is 12.2 Å². The first-order valence-electron chi connectivity index (χ1n) is 8.81. The number of phenolic OH excluding ortho intramolecular Hbond substituents is 1. The highest BCUT2D eigenvalue weighted by atomic mass is 16.6. The second kappa shape index (κ2) is 7.12. The van der Waals surface area contributed by atoms with Crippen LogP contribution in [-0.4, -0.2) is 43.1 Å². The molecule has 0 radical (unpaired) electrons. The average molecular weight is 388 g/mol. The highest BCUT2D eigenvalue weighted by Gasteiger charge is 2.39. The number of ether oxygens (including phenoxy) is 5. The zero-order valence-electron chi connectivity index (χ0n) is 15.4. The summed E-state index contributed by atoms with van der Waals surface area (Å²) >= 11 is 0. The first-order valence-corrected chi connectivity index (χ1v) is 8.81. The standard InChI is InChI=1S/C20H20O8/c1-24-13-7-10(3-5-12(13)22)17-15(9-21)26-20-18-11(4-6-16(23)27-18)8-14(25-2)19(20)28-17/h3,5,7-8,15,17,21-22H,4,6,9H2,1-2H3. The number of esters is 1. The molecular weight excluding hydrogens is 368 g/mol. The molecule has 0 saturated carbocycles. The number of fused-ring (bicyclic) bond motifs is 3. The Hall–Kier alpha value is -3.13. The summed E-state index contributed by atoms with van der Waals surface area (Å²) in [5.41, 5.74) is 1.41. The van der Waals surface area contributed by atoms with Gasteiger partial charge in [0.1, 0.15) is 0 Å². The molecule has 8 nitrogen and oxygen atoms in total. The van der Waals surface area contributed by atoms with Gasteiger partial charge in [0.2, 0.25) is 11.5 Å². The van der Waals surface area contributed by atoms with Crippen molar-refractivity contribution in [3.05, 3.63) is 35.4 Å². The summed E-state index contributed by atoms with van der Waals surface area (Å²) in [6.45, 7) is -0.340. The number of benzene rings is 2. The molecule has 0 amide bonds. The second-order valence-corrected chi connectivity index (χ2v) is 6.51. The maximum absolute atomic E-state index is 11.8. The van der Waals surface area contributed by atoms with Crippen LogP contribution < -0.4 is 23.7 Å². The Bertz CT molecular complexity index is 923. The quantitative estimate of drug-likeness (QED) is 0.607. The van der Waals surface area contributed by atoms with Crippen LogP contribution in [0.5, 0.6) is 34.5 Å². The van der Waals surface area contributed by atoms with Crippen molar-refractivity contribution in [3.8, 4) is 34.5 Å². The molecule has 2 N–H and O–H groups in total. The van der Waals surface area contributed by atoms with Crippen molar-refractivity contribution < 1.29 is 38.7 Å². The van der Waals surface area contributed by atoms with Crippen LogP contribution in [0.15, 0.2) is 24.3 Å². The summed E-state index contributed by atoms with van der Waals surface area (Å²) in [4.78, 5) is 11.8. The molecule has 0 bridgehead atoms. The SMILES string of the molecule is COc1cc(C2Oc3c(OC)cc4c(c3OC2CO)OC(=O)CC4)ccc1O. The van der Waals surface area contributed by atoms with E-state index >= 15 is 0 Å². The fourth-order valence-corrected chi connectivity index (χ4v) is 3.42. The highest BCUT2D eigenvalue weighted by Crippen LogP contribution is 2.53. The van der Waals surface area contributed by atoms with Gasteiger partial charge in [0.05, 0.1) is 27.2 Å². The lowest BCUT2D eigenvalue weighted by Crippen LogP contribution is -2.36. The van der Waals surface area contributed by atoms with Gasteiger partial charge >= 0.3 is 5.97 Å². The molecule has 0 spiro atoms. The smallest absolute Gasteiger partial charge is 0.311 e. The second-order valence-electron chi connectivity index (χ2n) is 6.51. The van der Waals surface area contributed by atoms with E-state index in [2.05, 4.69) is 0 Å². The number of aryl methyl sites for hydroxylation is 1. The van der Waals surface area contributed by atoms with Crippen molar-refractivity contribution in [1.82, 2.24) is 0 Å². The molecular formula is C20H20O8. The van der Waals surface area contributed by atoms with E-state index in [-0.39, 0.29) is 42.0 Å². The Morgan fingerprint density at radius 2 is 1.82 bits per heavy atom. The third-order valence-electron chi connectivity index (χ3n) is 4.83. The molecule has 0 aromatic heterocycles. The number of aromatic hydroxyl groups is 1. The van der Waals surface area contributed by atoms with Crippen molar-refractivity contribution in [2.75, 3.05) is 20.8 Å². The lowest BCUT2D eigenvalue weighted by molar-refractivity contribution is -0.135. The van der Waals surface area contributed by atoms with E-state index in [9.17, 15) is 15.0 Å². The number of aliphatic hydroxyl groups excluding tert-OH is 1. The maximum atomic E-state index is 11.8. The number of carbonyl (C=O) groups excluding carboxylic acids is 1. The van der Waals surface area contributed by atoms with Gasteiger partial charge in [0, 0.05) is 11.1 Å². The topological polar surface area (TPSA) is 104 Å². The molecule has 2 aromatic carbocycles. The van der Waals surface area contributed by atoms with E-state index in [0.29, 0.717) is 23.5 Å². The van der Waals surface area contributed by atoms with Crippen LogP contribution in [0, 0.1) is 0 Å². The van der Waals surface area contributed by atoms with Gasteiger partial charge in [-0.05, 0) is 24.6 Å². The third-order valence-corrected chi connectivity index (χ3v) is 4.83. The lowest BCUT2D eigenvalue weighted by atomic mass is 10.00. The molecule has 4 rings (SSSR count). The van der Waals surface area contributed by atoms with Gasteiger partial charge in [-0.2, -0.15) is 0 Å². The third kappa shape index (κ3) is 2.95. The van der Waals surface area contributed by atoms with Crippen molar-refractivity contribution in [1.29, 1.82) is 0 Å². The molecule has 2 aromatic rings. The van der Waals surface area contributed by atoms with E-state index in [0.717, 1.165) is 5.56 Å². The zero-order valence-corrected chi connectivity index (χ0v) is 15.4. The fourth-order valence-electron chi connectivity index (χ4n) is 3.42. The maximum Gasteiger partial charge on any atom is 0.311 e. The number of aliphatic hydroxyl groups is 1. The molecule has 2 aliphatic rings. The van der Waals surface area contributed by atoms with Crippen LogP contribution in [0.1, 0.15) is 23.7 Å². The molecule has 0 fully saturated rings. The van der Waals surface area contributed by atoms with Gasteiger partial charge in [0.15, 0.2) is 35.2 Å². The lowest BCUT2D eigenvalue weighted by Gasteiger charge is -2.35. The van der Waals surface area contributed by atoms with E-state index in [1.165, 1.54) is 20.3 Å². The summed E-state index contributed by atoms with van der Waals surface area (Å²) in [6.07, 6.45) is -0.685. The van der Waals surface area contributed by atoms with Crippen molar-refractivity contribution in [2.45, 2.75) is 25.0 Å². The zero-order chi connectivity index (χ0) is 19.8. The summed E-state index contributed by atoms with van der Waals surface area (Å²) in [5, 5.41) is 19.7. The average Bonchev–Trinajstić information content (AvgIpc) is 2.72. The monoisotopic (exact) mass is 388 g/mol. The van der Waals surface area contributed by atoms with Gasteiger partial charge < -0.3 is 33.9 Å². The molecule has 8 heteroatoms. The summed E-state index contributed by atoms with van der Waals surface area (Å²) in [5.74, 6) is 1.18. The minimum absolute atomic E-state index is 0.0116. The van der Waals surface area contributed by atoms with Crippen LogP contribution in [0.4, 0.5) is 0 Å². The largest absolute Gasteiger partial charge is 0.504 e. The van der Waals surface area contributed by atoms with E-state index in [1.54, 1.807) is 18.2 Å². The molecule has 2 aliphatic heterocycles. The van der Waals surface area contributed by atoms with Crippen molar-refractivity contribution in [3.63, 3.8) is 0 Å². The van der Waals surface area contributed by atoms with Gasteiger partial charge in [-0.15, -0.1) is 0 Å². The predicted molar refractivity (Wildman–Crippen MR) is 96.5 cm³/mol. The molecule has 0 saturated heterocycles. The predicted octanol–water partition coefficient (Wildman–Crippen LogP) is 2.13. The Morgan fingerprint density at radius 3 is 2.54 bits per heavy atom. The number of rotatable bonds is 4. The molecule has 2 unspecified atom stereocenters. The Kier molecular flexibility index (Phi) is 4.64. The fraction of sp³-hybridized carbons (Fsp3) is 0.350. The normalized spacial score (nSPS) is 20.2. The molecule has 148 valence electrons. The van der Waals surface area contributed by atoms with Gasteiger partial charge in [-0.1, -0.05) is 6.07 Å². The molecule has 0 aliphatic carbocycles. The van der Waals surface area contributed by atoms with Gasteiger partial charge in [-0.25, -0.2) is 0 Å². The molecule has 2 heterocycles. The molecule has 28 heavy (non-hydrogen) atoms. The van der Waals surface area contributed by atoms with Gasteiger partial charge in [0.25, 0.3) is 0 Å². The summed E-state index contributed by atoms with van der Waals surface area (Å²) < 4.78 is 28.1. The first kappa shape index (κ1) is 18.2. The number of hydrogen-bond donors (Lipinski definition) is 2. The Morgan fingerprint density at radius 1 is 1.04 bits per heavy atom. The number of hydrogen-bond acceptors (Lipinski definition) is 8. The Balaban J connectivity index is 1.80. The molecule has 2 atom stereocenters. The van der Waals surface area contributed by atoms with E-state index in [4.69, 9.17) is 23.7 Å². The van der Waals surface area contributed by atoms with Crippen LogP contribution in [-0.2, 0) is 11.2 Å². The minimum atomic E-state index is -0.765. The van der Waals surface area contributed by atoms with Crippen LogP contribution in [0.25, 0.3) is 0 Å². The summed E-state index contributed by atoms with van der Waals surface area (Å²) in [7, 11) is 2.95. The van der Waals surface area contributed by atoms with Crippen molar-refractivity contribution in [2.24, 2.45) is 0 Å².